The standard InChI is InChI=1S/C24H28N2O8/c1-3-4-5-14-33-19-9-6-17(7-10-19)21(27)12-13-24(29)34-16-23(28)25-20-11-8-18(26(30)31)15-22(20)32-2/h6-11,15H,3-5,12-14,16H2,1-2H3,(H,25,28). The molecule has 10 heteroatoms. The molecule has 1 N–H and O–H groups in total. The highest BCUT2D eigenvalue weighted by molar-refractivity contribution is 5.98. The van der Waals surface area contributed by atoms with E-state index < -0.39 is 23.4 Å². The number of rotatable bonds is 14. The molecule has 2 aromatic rings. The van der Waals surface area contributed by atoms with Crippen LogP contribution in [0.15, 0.2) is 42.5 Å². The number of amides is 1. The maximum atomic E-state index is 12.3. The van der Waals surface area contributed by atoms with Crippen LogP contribution in [0.25, 0.3) is 0 Å². The molecule has 1 amide bonds. The van der Waals surface area contributed by atoms with Gasteiger partial charge in [-0.05, 0) is 36.8 Å². The second-order valence-electron chi connectivity index (χ2n) is 7.35. The number of non-ortho nitro benzene ring substituents is 1. The second kappa shape index (κ2) is 13.6. The van der Waals surface area contributed by atoms with Gasteiger partial charge in [0.05, 0.1) is 36.8 Å². The van der Waals surface area contributed by atoms with Gasteiger partial charge in [0.2, 0.25) is 0 Å². The molecule has 0 saturated heterocycles. The van der Waals surface area contributed by atoms with Crippen molar-refractivity contribution in [2.24, 2.45) is 0 Å². The fourth-order valence-corrected chi connectivity index (χ4v) is 2.94. The van der Waals surface area contributed by atoms with Gasteiger partial charge < -0.3 is 19.5 Å². The molecule has 0 heterocycles. The zero-order valence-corrected chi connectivity index (χ0v) is 19.2. The number of carbonyl (C=O) groups excluding carboxylic acids is 3. The summed E-state index contributed by atoms with van der Waals surface area (Å²) in [4.78, 5) is 46.5. The highest BCUT2D eigenvalue weighted by Crippen LogP contribution is 2.28. The molecule has 0 fully saturated rings. The number of anilines is 1. The van der Waals surface area contributed by atoms with E-state index in [1.807, 2.05) is 0 Å². The van der Waals surface area contributed by atoms with Crippen LogP contribution in [0.4, 0.5) is 11.4 Å². The summed E-state index contributed by atoms with van der Waals surface area (Å²) in [7, 11) is 1.31. The maximum absolute atomic E-state index is 12.3. The van der Waals surface area contributed by atoms with Gasteiger partial charge in [0.1, 0.15) is 11.5 Å². The van der Waals surface area contributed by atoms with Gasteiger partial charge in [0, 0.05) is 18.1 Å². The van der Waals surface area contributed by atoms with Gasteiger partial charge in [0.15, 0.2) is 12.4 Å². The molecular weight excluding hydrogens is 444 g/mol. The van der Waals surface area contributed by atoms with Crippen molar-refractivity contribution in [1.29, 1.82) is 0 Å². The first kappa shape index (κ1) is 26.3. The Labute approximate surface area is 197 Å². The molecule has 10 nitrogen and oxygen atoms in total. The summed E-state index contributed by atoms with van der Waals surface area (Å²) < 4.78 is 15.6. The van der Waals surface area contributed by atoms with Gasteiger partial charge in [-0.1, -0.05) is 19.8 Å². The molecule has 0 radical (unpaired) electrons. The molecule has 34 heavy (non-hydrogen) atoms. The number of nitro groups is 1. The van der Waals surface area contributed by atoms with Crippen LogP contribution in [0.3, 0.4) is 0 Å². The monoisotopic (exact) mass is 472 g/mol. The lowest BCUT2D eigenvalue weighted by Crippen LogP contribution is -2.21. The topological polar surface area (TPSA) is 134 Å². The largest absolute Gasteiger partial charge is 0.494 e. The number of benzene rings is 2. The SMILES string of the molecule is CCCCCOc1ccc(C(=O)CCC(=O)OCC(=O)Nc2ccc([N+](=O)[O-])cc2OC)cc1. The third-order valence-corrected chi connectivity index (χ3v) is 4.78. The molecule has 182 valence electrons. The van der Waals surface area contributed by atoms with Crippen molar-refractivity contribution in [2.75, 3.05) is 25.6 Å². The number of nitrogens with one attached hydrogen (secondary N) is 1. The van der Waals surface area contributed by atoms with Crippen LogP contribution >= 0.6 is 0 Å². The number of ketones is 1. The van der Waals surface area contributed by atoms with Gasteiger partial charge in [-0.3, -0.25) is 24.5 Å². The molecule has 0 saturated carbocycles. The lowest BCUT2D eigenvalue weighted by Gasteiger charge is -2.10. The second-order valence-corrected chi connectivity index (χ2v) is 7.35. The number of methoxy groups -OCH3 is 1. The number of esters is 1. The Morgan fingerprint density at radius 1 is 1.03 bits per heavy atom. The number of carbonyl (C=O) groups is 3. The van der Waals surface area contributed by atoms with Crippen LogP contribution in [0, 0.1) is 10.1 Å². The van der Waals surface area contributed by atoms with Crippen LogP contribution in [-0.2, 0) is 14.3 Å². The Morgan fingerprint density at radius 3 is 2.41 bits per heavy atom. The van der Waals surface area contributed by atoms with Crippen molar-refractivity contribution in [1.82, 2.24) is 0 Å². The number of unbranched alkanes of at least 4 members (excludes halogenated alkanes) is 2. The Kier molecular flexibility index (Phi) is 10.5. The van der Waals surface area contributed by atoms with Gasteiger partial charge in [-0.25, -0.2) is 0 Å². The Bertz CT molecular complexity index is 1000. The summed E-state index contributed by atoms with van der Waals surface area (Å²) >= 11 is 0. The van der Waals surface area contributed by atoms with E-state index in [-0.39, 0.29) is 35.7 Å². The lowest BCUT2D eigenvalue weighted by atomic mass is 10.1. The molecular formula is C24H28N2O8. The third-order valence-electron chi connectivity index (χ3n) is 4.78. The highest BCUT2D eigenvalue weighted by atomic mass is 16.6. The maximum Gasteiger partial charge on any atom is 0.306 e. The molecule has 0 aromatic heterocycles. The number of ether oxygens (including phenoxy) is 3. The summed E-state index contributed by atoms with van der Waals surface area (Å²) in [5.74, 6) is -0.800. The summed E-state index contributed by atoms with van der Waals surface area (Å²) in [6.07, 6.45) is 2.94. The smallest absolute Gasteiger partial charge is 0.306 e. The van der Waals surface area contributed by atoms with Crippen LogP contribution in [0.2, 0.25) is 0 Å². The van der Waals surface area contributed by atoms with Crippen LogP contribution in [0.1, 0.15) is 49.4 Å². The van der Waals surface area contributed by atoms with Crippen molar-refractivity contribution in [2.45, 2.75) is 39.0 Å². The summed E-state index contributed by atoms with van der Waals surface area (Å²) in [5, 5.41) is 13.3. The quantitative estimate of drug-likeness (QED) is 0.141. The van der Waals surface area contributed by atoms with E-state index in [4.69, 9.17) is 14.2 Å². The van der Waals surface area contributed by atoms with E-state index in [9.17, 15) is 24.5 Å². The first-order valence-electron chi connectivity index (χ1n) is 10.9. The third kappa shape index (κ3) is 8.53. The lowest BCUT2D eigenvalue weighted by molar-refractivity contribution is -0.384. The van der Waals surface area contributed by atoms with Gasteiger partial charge in [0.25, 0.3) is 11.6 Å². The summed E-state index contributed by atoms with van der Waals surface area (Å²) in [6.45, 7) is 2.17. The molecule has 2 rings (SSSR count). The molecule has 0 unspecified atom stereocenters. The molecule has 0 aliphatic heterocycles. The minimum absolute atomic E-state index is 0.0622. The van der Waals surface area contributed by atoms with Gasteiger partial charge >= 0.3 is 5.97 Å². The molecule has 0 atom stereocenters. The predicted molar refractivity (Wildman–Crippen MR) is 124 cm³/mol. The Balaban J connectivity index is 1.75. The molecule has 0 bridgehead atoms. The van der Waals surface area contributed by atoms with E-state index in [1.54, 1.807) is 24.3 Å². The van der Waals surface area contributed by atoms with E-state index in [2.05, 4.69) is 12.2 Å². The van der Waals surface area contributed by atoms with Crippen LogP contribution in [0.5, 0.6) is 11.5 Å². The molecule has 0 aliphatic rings. The average Bonchev–Trinajstić information content (AvgIpc) is 2.84. The first-order valence-corrected chi connectivity index (χ1v) is 10.9. The fourth-order valence-electron chi connectivity index (χ4n) is 2.94. The number of nitro benzene ring substituents is 1. The molecule has 0 spiro atoms. The van der Waals surface area contributed by atoms with Crippen molar-refractivity contribution >= 4 is 29.0 Å². The van der Waals surface area contributed by atoms with Crippen LogP contribution in [-0.4, -0.2) is 42.9 Å². The van der Waals surface area contributed by atoms with E-state index >= 15 is 0 Å². The zero-order chi connectivity index (χ0) is 24.9. The zero-order valence-electron chi connectivity index (χ0n) is 19.2. The van der Waals surface area contributed by atoms with E-state index in [0.717, 1.165) is 19.3 Å². The predicted octanol–water partition coefficient (Wildman–Crippen LogP) is 4.32. The highest BCUT2D eigenvalue weighted by Gasteiger charge is 2.15. The van der Waals surface area contributed by atoms with Gasteiger partial charge in [-0.15, -0.1) is 0 Å². The van der Waals surface area contributed by atoms with Crippen molar-refractivity contribution in [3.05, 3.63) is 58.1 Å². The van der Waals surface area contributed by atoms with Crippen molar-refractivity contribution in [3.63, 3.8) is 0 Å². The van der Waals surface area contributed by atoms with Crippen LogP contribution < -0.4 is 14.8 Å². The molecule has 0 aliphatic carbocycles. The Hall–Kier alpha value is -3.95. The Morgan fingerprint density at radius 2 is 1.76 bits per heavy atom. The van der Waals surface area contributed by atoms with Crippen molar-refractivity contribution < 1.29 is 33.5 Å². The number of hydrogen-bond acceptors (Lipinski definition) is 8. The minimum atomic E-state index is -0.699. The van der Waals surface area contributed by atoms with E-state index in [1.165, 1.54) is 25.3 Å². The summed E-state index contributed by atoms with van der Waals surface area (Å²) in [5.41, 5.74) is 0.457. The van der Waals surface area contributed by atoms with Gasteiger partial charge in [-0.2, -0.15) is 0 Å². The van der Waals surface area contributed by atoms with Crippen molar-refractivity contribution in [3.8, 4) is 11.5 Å². The number of hydrogen-bond donors (Lipinski definition) is 1. The van der Waals surface area contributed by atoms with E-state index in [0.29, 0.717) is 17.9 Å². The number of Topliss-reactive ketones (excluding diaryl/α,β-unsaturated/α-hetero) is 1. The average molecular weight is 472 g/mol. The normalized spacial score (nSPS) is 10.3. The number of nitrogens with zero attached hydrogens (tertiary/aromatic N) is 1. The summed E-state index contributed by atoms with van der Waals surface area (Å²) in [6, 6.07) is 10.4. The first-order chi connectivity index (χ1) is 16.3. The fraction of sp³-hybridized carbons (Fsp3) is 0.375. The molecule has 2 aromatic carbocycles. The minimum Gasteiger partial charge on any atom is -0.494 e.